The van der Waals surface area contributed by atoms with Crippen molar-refractivity contribution in [3.8, 4) is 6.07 Å². The third-order valence-corrected chi connectivity index (χ3v) is 3.11. The summed E-state index contributed by atoms with van der Waals surface area (Å²) in [6, 6.07) is 11.2. The maximum atomic E-state index is 11.2. The highest BCUT2D eigenvalue weighted by Crippen LogP contribution is 2.26. The summed E-state index contributed by atoms with van der Waals surface area (Å²) in [5.74, 6) is -0.424. The van der Waals surface area contributed by atoms with Gasteiger partial charge in [0.15, 0.2) is 5.69 Å². The summed E-state index contributed by atoms with van der Waals surface area (Å²) in [4.78, 5) is 17.4. The standard InChI is InChI=1S/C15H15N3O2/c1-2-18(9-5-8-16)14-12-7-4-3-6-11(12)10-13(17-14)15(19)20/h3-4,6-7,10H,2,5,9H2,1H3,(H,19,20). The number of pyridine rings is 1. The van der Waals surface area contributed by atoms with E-state index in [2.05, 4.69) is 11.1 Å². The first-order valence-electron chi connectivity index (χ1n) is 6.42. The van der Waals surface area contributed by atoms with Gasteiger partial charge in [-0.15, -0.1) is 0 Å². The molecule has 20 heavy (non-hydrogen) atoms. The van der Waals surface area contributed by atoms with Crippen LogP contribution in [0.15, 0.2) is 30.3 Å². The molecule has 2 aromatic rings. The largest absolute Gasteiger partial charge is 0.477 e. The van der Waals surface area contributed by atoms with Crippen molar-refractivity contribution in [1.82, 2.24) is 4.98 Å². The Morgan fingerprint density at radius 1 is 1.45 bits per heavy atom. The molecule has 1 aromatic heterocycles. The molecule has 1 heterocycles. The van der Waals surface area contributed by atoms with Gasteiger partial charge in [-0.2, -0.15) is 5.26 Å². The fraction of sp³-hybridized carbons (Fsp3) is 0.267. The number of carboxylic acids is 1. The predicted molar refractivity (Wildman–Crippen MR) is 76.8 cm³/mol. The maximum absolute atomic E-state index is 11.2. The normalized spacial score (nSPS) is 10.2. The van der Waals surface area contributed by atoms with Crippen LogP contribution in [0.25, 0.3) is 10.8 Å². The zero-order chi connectivity index (χ0) is 14.5. The van der Waals surface area contributed by atoms with Crippen molar-refractivity contribution in [3.63, 3.8) is 0 Å². The number of nitriles is 1. The van der Waals surface area contributed by atoms with Gasteiger partial charge >= 0.3 is 5.97 Å². The molecule has 0 atom stereocenters. The molecule has 0 saturated heterocycles. The highest BCUT2D eigenvalue weighted by molar-refractivity contribution is 5.98. The van der Waals surface area contributed by atoms with Crippen molar-refractivity contribution in [2.45, 2.75) is 13.3 Å². The first-order chi connectivity index (χ1) is 9.67. The summed E-state index contributed by atoms with van der Waals surface area (Å²) >= 11 is 0. The zero-order valence-corrected chi connectivity index (χ0v) is 11.2. The Labute approximate surface area is 117 Å². The number of nitrogens with zero attached hydrogens (tertiary/aromatic N) is 3. The lowest BCUT2D eigenvalue weighted by molar-refractivity contribution is 0.0691. The first kappa shape index (κ1) is 13.8. The molecular weight excluding hydrogens is 254 g/mol. The number of hydrogen-bond acceptors (Lipinski definition) is 4. The molecule has 1 N–H and O–H groups in total. The molecule has 102 valence electrons. The number of carboxylic acid groups (broad SMARTS) is 1. The summed E-state index contributed by atoms with van der Waals surface area (Å²) in [5.41, 5.74) is 0.0223. The van der Waals surface area contributed by atoms with Crippen LogP contribution in [0.3, 0.4) is 0 Å². The fourth-order valence-corrected chi connectivity index (χ4v) is 2.13. The molecule has 0 aliphatic heterocycles. The van der Waals surface area contributed by atoms with E-state index in [0.29, 0.717) is 25.3 Å². The number of rotatable bonds is 5. The molecule has 0 aliphatic carbocycles. The molecule has 2 rings (SSSR count). The van der Waals surface area contributed by atoms with Crippen molar-refractivity contribution in [3.05, 3.63) is 36.0 Å². The minimum absolute atomic E-state index is 0.0223. The van der Waals surface area contributed by atoms with Gasteiger partial charge in [-0.05, 0) is 18.4 Å². The van der Waals surface area contributed by atoms with Crippen molar-refractivity contribution < 1.29 is 9.90 Å². The Morgan fingerprint density at radius 3 is 2.85 bits per heavy atom. The number of benzene rings is 1. The number of aromatic nitrogens is 1. The molecule has 0 aliphatic rings. The van der Waals surface area contributed by atoms with Gasteiger partial charge in [-0.25, -0.2) is 9.78 Å². The van der Waals surface area contributed by atoms with Crippen LogP contribution >= 0.6 is 0 Å². The Morgan fingerprint density at radius 2 is 2.20 bits per heavy atom. The topological polar surface area (TPSA) is 77.2 Å². The summed E-state index contributed by atoms with van der Waals surface area (Å²) < 4.78 is 0. The van der Waals surface area contributed by atoms with E-state index >= 15 is 0 Å². The zero-order valence-electron chi connectivity index (χ0n) is 11.2. The van der Waals surface area contributed by atoms with E-state index in [0.717, 1.165) is 10.8 Å². The van der Waals surface area contributed by atoms with Gasteiger partial charge in [0.05, 0.1) is 12.5 Å². The van der Waals surface area contributed by atoms with Crippen LogP contribution in [-0.2, 0) is 0 Å². The van der Waals surface area contributed by atoms with E-state index in [1.807, 2.05) is 36.1 Å². The fourth-order valence-electron chi connectivity index (χ4n) is 2.13. The van der Waals surface area contributed by atoms with Crippen LogP contribution < -0.4 is 4.90 Å². The van der Waals surface area contributed by atoms with Crippen LogP contribution in [0.1, 0.15) is 23.8 Å². The van der Waals surface area contributed by atoms with Gasteiger partial charge in [-0.3, -0.25) is 0 Å². The van der Waals surface area contributed by atoms with Gasteiger partial charge in [0.1, 0.15) is 5.82 Å². The van der Waals surface area contributed by atoms with Crippen LogP contribution in [0.4, 0.5) is 5.82 Å². The van der Waals surface area contributed by atoms with E-state index in [-0.39, 0.29) is 5.69 Å². The third kappa shape index (κ3) is 2.69. The Kier molecular flexibility index (Phi) is 4.16. The molecular formula is C15H15N3O2. The van der Waals surface area contributed by atoms with Gasteiger partial charge in [0.25, 0.3) is 0 Å². The number of anilines is 1. The highest BCUT2D eigenvalue weighted by atomic mass is 16.4. The average Bonchev–Trinajstić information content (AvgIpc) is 2.47. The summed E-state index contributed by atoms with van der Waals surface area (Å²) in [6.45, 7) is 3.16. The van der Waals surface area contributed by atoms with E-state index in [1.165, 1.54) is 0 Å². The molecule has 0 radical (unpaired) electrons. The molecule has 5 heteroatoms. The quantitative estimate of drug-likeness (QED) is 0.902. The lowest BCUT2D eigenvalue weighted by Crippen LogP contribution is -2.25. The van der Waals surface area contributed by atoms with Gasteiger partial charge < -0.3 is 10.0 Å². The predicted octanol–water partition coefficient (Wildman–Crippen LogP) is 2.67. The molecule has 0 amide bonds. The minimum Gasteiger partial charge on any atom is -0.477 e. The van der Waals surface area contributed by atoms with Crippen LogP contribution in [0, 0.1) is 11.3 Å². The van der Waals surface area contributed by atoms with E-state index < -0.39 is 5.97 Å². The van der Waals surface area contributed by atoms with E-state index in [9.17, 15) is 4.79 Å². The number of aromatic carboxylic acids is 1. The van der Waals surface area contributed by atoms with Gasteiger partial charge in [-0.1, -0.05) is 24.3 Å². The molecule has 1 aromatic carbocycles. The molecule has 0 unspecified atom stereocenters. The monoisotopic (exact) mass is 269 g/mol. The smallest absolute Gasteiger partial charge is 0.354 e. The van der Waals surface area contributed by atoms with Crippen molar-refractivity contribution in [1.29, 1.82) is 5.26 Å². The summed E-state index contributed by atoms with van der Waals surface area (Å²) in [5, 5.41) is 19.6. The summed E-state index contributed by atoms with van der Waals surface area (Å²) in [6.07, 6.45) is 0.376. The van der Waals surface area contributed by atoms with Crippen LogP contribution in [0.5, 0.6) is 0 Å². The van der Waals surface area contributed by atoms with Crippen molar-refractivity contribution >= 4 is 22.6 Å². The molecule has 0 fully saturated rings. The minimum atomic E-state index is -1.05. The molecule has 5 nitrogen and oxygen atoms in total. The second-order valence-electron chi connectivity index (χ2n) is 4.35. The Balaban J connectivity index is 2.59. The molecule has 0 spiro atoms. The van der Waals surface area contributed by atoms with Crippen LogP contribution in [-0.4, -0.2) is 29.1 Å². The van der Waals surface area contributed by atoms with Crippen LogP contribution in [0.2, 0.25) is 0 Å². The first-order valence-corrected chi connectivity index (χ1v) is 6.42. The SMILES string of the molecule is CCN(CCC#N)c1nc(C(=O)O)cc2ccccc12. The molecule has 0 saturated carbocycles. The van der Waals surface area contributed by atoms with Gasteiger partial charge in [0.2, 0.25) is 0 Å². The number of carbonyl (C=O) groups is 1. The lowest BCUT2D eigenvalue weighted by atomic mass is 10.1. The van der Waals surface area contributed by atoms with Crippen molar-refractivity contribution in [2.24, 2.45) is 0 Å². The average molecular weight is 269 g/mol. The maximum Gasteiger partial charge on any atom is 0.354 e. The number of hydrogen-bond donors (Lipinski definition) is 1. The van der Waals surface area contributed by atoms with Crippen molar-refractivity contribution in [2.75, 3.05) is 18.0 Å². The van der Waals surface area contributed by atoms with Gasteiger partial charge in [0, 0.05) is 18.5 Å². The Bertz CT molecular complexity index is 676. The number of fused-ring (bicyclic) bond motifs is 1. The lowest BCUT2D eigenvalue weighted by Gasteiger charge is -2.22. The summed E-state index contributed by atoms with van der Waals surface area (Å²) in [7, 11) is 0. The second-order valence-corrected chi connectivity index (χ2v) is 4.35. The second kappa shape index (κ2) is 6.02. The third-order valence-electron chi connectivity index (χ3n) is 3.11. The molecule has 0 bridgehead atoms. The Hall–Kier alpha value is -2.61. The van der Waals surface area contributed by atoms with E-state index in [1.54, 1.807) is 6.07 Å². The highest BCUT2D eigenvalue weighted by Gasteiger charge is 2.14. The van der Waals surface area contributed by atoms with E-state index in [4.69, 9.17) is 10.4 Å².